The third kappa shape index (κ3) is 5.37. The lowest BCUT2D eigenvalue weighted by Crippen LogP contribution is -2.55. The van der Waals surface area contributed by atoms with Crippen LogP contribution in [0.5, 0.6) is 0 Å². The molecule has 10 heteroatoms. The highest BCUT2D eigenvalue weighted by molar-refractivity contribution is 7.93. The Labute approximate surface area is 204 Å². The summed E-state index contributed by atoms with van der Waals surface area (Å²) < 4.78 is 33.8. The summed E-state index contributed by atoms with van der Waals surface area (Å²) in [5.74, 6) is -0.179. The molecule has 1 aliphatic rings. The van der Waals surface area contributed by atoms with Crippen LogP contribution < -0.4 is 4.72 Å². The van der Waals surface area contributed by atoms with E-state index in [0.29, 0.717) is 36.4 Å². The average molecular weight is 497 g/mol. The molecule has 0 aliphatic carbocycles. The van der Waals surface area contributed by atoms with Crippen molar-refractivity contribution >= 4 is 38.6 Å². The first-order valence-electron chi connectivity index (χ1n) is 11.4. The Morgan fingerprint density at radius 3 is 2.46 bits per heavy atom. The van der Waals surface area contributed by atoms with Crippen molar-refractivity contribution in [1.82, 2.24) is 14.8 Å². The first kappa shape index (κ1) is 24.5. The summed E-state index contributed by atoms with van der Waals surface area (Å²) in [6.45, 7) is 6.63. The van der Waals surface area contributed by atoms with Crippen molar-refractivity contribution in [2.75, 3.05) is 24.4 Å². The third-order valence-corrected chi connectivity index (χ3v) is 7.17. The smallest absolute Gasteiger partial charge is 0.410 e. The molecular formula is C25H28N4O5S. The van der Waals surface area contributed by atoms with Crippen LogP contribution >= 0.6 is 0 Å². The molecule has 4 rings (SSSR count). The molecule has 1 N–H and O–H groups in total. The number of anilines is 1. The van der Waals surface area contributed by atoms with Crippen LogP contribution in [0.1, 0.15) is 31.1 Å². The molecule has 35 heavy (non-hydrogen) atoms. The van der Waals surface area contributed by atoms with Crippen LogP contribution in [0.4, 0.5) is 10.5 Å². The number of fused-ring (bicyclic) bond motifs is 1. The van der Waals surface area contributed by atoms with Gasteiger partial charge in [0.05, 0.1) is 11.6 Å². The molecule has 0 unspecified atom stereocenters. The molecule has 0 radical (unpaired) electrons. The van der Waals surface area contributed by atoms with Crippen molar-refractivity contribution in [3.05, 3.63) is 66.4 Å². The summed E-state index contributed by atoms with van der Waals surface area (Å²) in [7, 11) is -3.88. The predicted molar refractivity (Wildman–Crippen MR) is 133 cm³/mol. The molecule has 1 atom stereocenters. The van der Waals surface area contributed by atoms with Gasteiger partial charge in [0.1, 0.15) is 4.90 Å². The number of benzene rings is 2. The monoisotopic (exact) mass is 496 g/mol. The van der Waals surface area contributed by atoms with Crippen molar-refractivity contribution < 1.29 is 22.7 Å². The normalized spacial score (nSPS) is 16.4. The van der Waals surface area contributed by atoms with Crippen molar-refractivity contribution in [1.29, 1.82) is 0 Å². The predicted octanol–water partition coefficient (Wildman–Crippen LogP) is 3.73. The second-order valence-electron chi connectivity index (χ2n) is 8.74. The van der Waals surface area contributed by atoms with E-state index in [1.54, 1.807) is 78.4 Å². The largest absolute Gasteiger partial charge is 0.447 e. The van der Waals surface area contributed by atoms with Crippen LogP contribution in [-0.4, -0.2) is 67.0 Å². The number of hydrogen-bond donors (Lipinski definition) is 1. The van der Waals surface area contributed by atoms with Gasteiger partial charge in [-0.1, -0.05) is 18.2 Å². The number of carbonyl (C=O) groups is 2. The van der Waals surface area contributed by atoms with Gasteiger partial charge in [-0.2, -0.15) is 0 Å². The molecule has 184 valence electrons. The van der Waals surface area contributed by atoms with Crippen LogP contribution in [-0.2, 0) is 14.8 Å². The fourth-order valence-corrected chi connectivity index (χ4v) is 5.29. The van der Waals surface area contributed by atoms with E-state index in [9.17, 15) is 18.0 Å². The highest BCUT2D eigenvalue weighted by Crippen LogP contribution is 2.24. The van der Waals surface area contributed by atoms with E-state index in [4.69, 9.17) is 4.74 Å². The Balaban J connectivity index is 1.44. The summed E-state index contributed by atoms with van der Waals surface area (Å²) in [6.07, 6.45) is 0.970. The van der Waals surface area contributed by atoms with Crippen LogP contribution in [0, 0.1) is 0 Å². The summed E-state index contributed by atoms with van der Waals surface area (Å²) in [4.78, 5) is 32.9. The molecule has 2 heterocycles. The van der Waals surface area contributed by atoms with Gasteiger partial charge in [0.15, 0.2) is 0 Å². The van der Waals surface area contributed by atoms with Crippen molar-refractivity contribution in [2.24, 2.45) is 0 Å². The number of nitrogens with one attached hydrogen (secondary N) is 1. The van der Waals surface area contributed by atoms with Crippen LogP contribution in [0.25, 0.3) is 10.9 Å². The van der Waals surface area contributed by atoms with Crippen molar-refractivity contribution in [3.63, 3.8) is 0 Å². The lowest BCUT2D eigenvalue weighted by molar-refractivity contribution is 0.0338. The van der Waals surface area contributed by atoms with Gasteiger partial charge >= 0.3 is 6.09 Å². The highest BCUT2D eigenvalue weighted by atomic mass is 32.2. The quantitative estimate of drug-likeness (QED) is 0.577. The Kier molecular flexibility index (Phi) is 6.93. The molecular weight excluding hydrogens is 468 g/mol. The van der Waals surface area contributed by atoms with Gasteiger partial charge in [-0.15, -0.1) is 0 Å². The second kappa shape index (κ2) is 9.91. The van der Waals surface area contributed by atoms with Gasteiger partial charge in [0.25, 0.3) is 15.9 Å². The SMILES string of the molecule is CC(C)OC(=O)N1CCN(C(=O)c2ccc(NS(=O)(=O)c3cccc4cccnc34)cc2)[C@H](C)C1. The molecule has 3 aromatic rings. The molecule has 2 aromatic carbocycles. The number of hydrogen-bond acceptors (Lipinski definition) is 6. The lowest BCUT2D eigenvalue weighted by Gasteiger charge is -2.39. The number of ether oxygens (including phenoxy) is 1. The zero-order valence-electron chi connectivity index (χ0n) is 19.8. The number of nitrogens with zero attached hydrogens (tertiary/aromatic N) is 3. The average Bonchev–Trinajstić information content (AvgIpc) is 2.83. The first-order valence-corrected chi connectivity index (χ1v) is 12.9. The van der Waals surface area contributed by atoms with Gasteiger partial charge in [-0.05, 0) is 57.2 Å². The fraction of sp³-hybridized carbons (Fsp3) is 0.320. The first-order chi connectivity index (χ1) is 16.7. The van der Waals surface area contributed by atoms with Gasteiger partial charge in [-0.3, -0.25) is 14.5 Å². The van der Waals surface area contributed by atoms with Gasteiger partial charge in [0.2, 0.25) is 0 Å². The zero-order chi connectivity index (χ0) is 25.2. The van der Waals surface area contributed by atoms with E-state index in [-0.39, 0.29) is 29.0 Å². The number of sulfonamides is 1. The molecule has 1 fully saturated rings. The molecule has 0 saturated carbocycles. The number of carbonyl (C=O) groups excluding carboxylic acids is 2. The summed E-state index contributed by atoms with van der Waals surface area (Å²) in [6, 6.07) is 14.6. The van der Waals surface area contributed by atoms with Crippen LogP contribution in [0.2, 0.25) is 0 Å². The maximum Gasteiger partial charge on any atom is 0.410 e. The van der Waals surface area contributed by atoms with Gasteiger partial charge < -0.3 is 14.5 Å². The Bertz CT molecular complexity index is 1340. The highest BCUT2D eigenvalue weighted by Gasteiger charge is 2.31. The number of aromatic nitrogens is 1. The topological polar surface area (TPSA) is 109 Å². The van der Waals surface area contributed by atoms with Crippen LogP contribution in [0.3, 0.4) is 0 Å². The summed E-state index contributed by atoms with van der Waals surface area (Å²) in [5, 5.41) is 0.725. The standard InChI is InChI=1S/C25H28N4O5S/c1-17(2)34-25(31)28-14-15-29(18(3)16-28)24(30)20-9-11-21(12-10-20)27-35(32,33)22-8-4-6-19-7-5-13-26-23(19)22/h4-13,17-18,27H,14-16H2,1-3H3/t18-/m1/s1. The summed E-state index contributed by atoms with van der Waals surface area (Å²) in [5.41, 5.74) is 1.16. The number of para-hydroxylation sites is 1. The van der Waals surface area contributed by atoms with E-state index in [1.807, 2.05) is 6.92 Å². The van der Waals surface area contributed by atoms with E-state index < -0.39 is 10.0 Å². The van der Waals surface area contributed by atoms with E-state index in [0.717, 1.165) is 5.39 Å². The minimum atomic E-state index is -3.88. The van der Waals surface area contributed by atoms with Crippen molar-refractivity contribution in [2.45, 2.75) is 37.8 Å². The van der Waals surface area contributed by atoms with E-state index in [1.165, 1.54) is 6.07 Å². The molecule has 1 aromatic heterocycles. The number of piperazine rings is 1. The number of pyridine rings is 1. The van der Waals surface area contributed by atoms with Crippen molar-refractivity contribution in [3.8, 4) is 0 Å². The Hall–Kier alpha value is -3.66. The molecule has 9 nitrogen and oxygen atoms in total. The molecule has 1 aliphatic heterocycles. The molecule has 0 spiro atoms. The van der Waals surface area contributed by atoms with Gasteiger partial charge in [-0.25, -0.2) is 13.2 Å². The maximum absolute atomic E-state index is 13.1. The minimum absolute atomic E-state index is 0.0819. The zero-order valence-corrected chi connectivity index (χ0v) is 20.7. The third-order valence-electron chi connectivity index (χ3n) is 5.75. The number of rotatable bonds is 5. The molecule has 2 amide bonds. The summed E-state index contributed by atoms with van der Waals surface area (Å²) >= 11 is 0. The Morgan fingerprint density at radius 2 is 1.77 bits per heavy atom. The Morgan fingerprint density at radius 1 is 1.06 bits per heavy atom. The minimum Gasteiger partial charge on any atom is -0.447 e. The van der Waals surface area contributed by atoms with Gasteiger partial charge in [0, 0.05) is 48.5 Å². The van der Waals surface area contributed by atoms with E-state index >= 15 is 0 Å². The lowest BCUT2D eigenvalue weighted by atomic mass is 10.1. The number of amides is 2. The van der Waals surface area contributed by atoms with Crippen LogP contribution in [0.15, 0.2) is 65.7 Å². The molecule has 0 bridgehead atoms. The molecule has 1 saturated heterocycles. The fourth-order valence-electron chi connectivity index (χ4n) is 4.05. The second-order valence-corrected chi connectivity index (χ2v) is 10.4. The van der Waals surface area contributed by atoms with E-state index in [2.05, 4.69) is 9.71 Å². The maximum atomic E-state index is 13.1.